The smallest absolute Gasteiger partial charge is 0.0991 e. The van der Waals surface area contributed by atoms with E-state index in [-0.39, 0.29) is 10.8 Å². The first kappa shape index (κ1) is 21.4. The van der Waals surface area contributed by atoms with Crippen molar-refractivity contribution >= 4 is 0 Å². The van der Waals surface area contributed by atoms with Crippen LogP contribution < -0.4 is 0 Å². The molecule has 0 N–H and O–H groups in total. The summed E-state index contributed by atoms with van der Waals surface area (Å²) >= 11 is 0. The van der Waals surface area contributed by atoms with Crippen LogP contribution in [-0.4, -0.2) is 0 Å². The van der Waals surface area contributed by atoms with E-state index in [4.69, 9.17) is 10.5 Å². The first-order valence-electron chi connectivity index (χ1n) is 10.3. The van der Waals surface area contributed by atoms with E-state index in [1.54, 1.807) is 0 Å². The summed E-state index contributed by atoms with van der Waals surface area (Å²) in [7, 11) is 0. The van der Waals surface area contributed by atoms with E-state index in [2.05, 4.69) is 65.8 Å². The summed E-state index contributed by atoms with van der Waals surface area (Å²) in [5.41, 5.74) is 8.48. The standard InChI is InChI=1S/C28H28N2/c1-27(2,3)25-23(21-11-7-19(17-29)8-12-21)15-16-24(26(25)28(4,5)6)22-13-9-20(18-30)10-14-22/h7-16H,1-6H3. The van der Waals surface area contributed by atoms with Gasteiger partial charge in [0.05, 0.1) is 23.3 Å². The van der Waals surface area contributed by atoms with Gasteiger partial charge in [0.2, 0.25) is 0 Å². The van der Waals surface area contributed by atoms with Gasteiger partial charge in [-0.25, -0.2) is 0 Å². The lowest BCUT2D eigenvalue weighted by molar-refractivity contribution is 0.533. The SMILES string of the molecule is CC(C)(C)c1c(-c2ccc(C#N)cc2)ccc(-c2ccc(C#N)cc2)c1C(C)(C)C. The van der Waals surface area contributed by atoms with Gasteiger partial charge in [0, 0.05) is 0 Å². The van der Waals surface area contributed by atoms with Crippen molar-refractivity contribution in [1.29, 1.82) is 10.5 Å². The van der Waals surface area contributed by atoms with E-state index < -0.39 is 0 Å². The molecule has 0 unspecified atom stereocenters. The van der Waals surface area contributed by atoms with E-state index in [1.165, 1.54) is 22.3 Å². The van der Waals surface area contributed by atoms with Crippen LogP contribution in [0.1, 0.15) is 63.8 Å². The summed E-state index contributed by atoms with van der Waals surface area (Å²) in [6, 6.07) is 24.5. The fourth-order valence-corrected chi connectivity index (χ4v) is 4.09. The van der Waals surface area contributed by atoms with Crippen LogP contribution in [0.2, 0.25) is 0 Å². The van der Waals surface area contributed by atoms with Crippen molar-refractivity contribution in [2.45, 2.75) is 52.4 Å². The molecule has 30 heavy (non-hydrogen) atoms. The Balaban J connectivity index is 2.36. The molecule has 0 aromatic heterocycles. The molecule has 0 aliphatic carbocycles. The first-order chi connectivity index (χ1) is 14.1. The molecule has 150 valence electrons. The van der Waals surface area contributed by atoms with Crippen LogP contribution in [0.5, 0.6) is 0 Å². The predicted molar refractivity (Wildman–Crippen MR) is 124 cm³/mol. The quantitative estimate of drug-likeness (QED) is 0.457. The molecule has 0 bridgehead atoms. The number of hydrogen-bond donors (Lipinski definition) is 0. The second kappa shape index (κ2) is 7.81. The van der Waals surface area contributed by atoms with Gasteiger partial charge in [-0.05, 0) is 68.5 Å². The van der Waals surface area contributed by atoms with E-state index in [1.807, 2.05) is 48.5 Å². The van der Waals surface area contributed by atoms with Gasteiger partial charge >= 0.3 is 0 Å². The van der Waals surface area contributed by atoms with Gasteiger partial charge in [-0.2, -0.15) is 10.5 Å². The van der Waals surface area contributed by atoms with Crippen LogP contribution in [0.25, 0.3) is 22.3 Å². The summed E-state index contributed by atoms with van der Waals surface area (Å²) in [6.45, 7) is 13.5. The number of nitrogens with zero attached hydrogens (tertiary/aromatic N) is 2. The second-order valence-corrected chi connectivity index (χ2v) is 9.79. The van der Waals surface area contributed by atoms with Crippen molar-refractivity contribution in [3.63, 3.8) is 0 Å². The number of benzene rings is 3. The lowest BCUT2D eigenvalue weighted by atomic mass is 9.69. The van der Waals surface area contributed by atoms with Crippen LogP contribution in [0.3, 0.4) is 0 Å². The number of hydrogen-bond acceptors (Lipinski definition) is 2. The fraction of sp³-hybridized carbons (Fsp3) is 0.286. The largest absolute Gasteiger partial charge is 0.192 e. The highest BCUT2D eigenvalue weighted by Gasteiger charge is 2.31. The van der Waals surface area contributed by atoms with Gasteiger partial charge in [-0.15, -0.1) is 0 Å². The van der Waals surface area contributed by atoms with E-state index in [0.29, 0.717) is 11.1 Å². The Morgan fingerprint density at radius 2 is 0.800 bits per heavy atom. The molecule has 3 aromatic carbocycles. The Morgan fingerprint density at radius 3 is 1.03 bits per heavy atom. The Morgan fingerprint density at radius 1 is 0.500 bits per heavy atom. The topological polar surface area (TPSA) is 47.6 Å². The van der Waals surface area contributed by atoms with Gasteiger partial charge in [0.25, 0.3) is 0 Å². The van der Waals surface area contributed by atoms with E-state index >= 15 is 0 Å². The molecule has 0 aliphatic rings. The van der Waals surface area contributed by atoms with E-state index in [0.717, 1.165) is 11.1 Å². The van der Waals surface area contributed by atoms with Crippen LogP contribution in [0, 0.1) is 22.7 Å². The van der Waals surface area contributed by atoms with Crippen LogP contribution >= 0.6 is 0 Å². The normalized spacial score (nSPS) is 11.6. The summed E-state index contributed by atoms with van der Waals surface area (Å²) in [5.74, 6) is 0. The molecule has 2 nitrogen and oxygen atoms in total. The Bertz CT molecular complexity index is 1040. The molecule has 0 aliphatic heterocycles. The second-order valence-electron chi connectivity index (χ2n) is 9.79. The summed E-state index contributed by atoms with van der Waals surface area (Å²) < 4.78 is 0. The third-order valence-corrected chi connectivity index (χ3v) is 5.36. The molecule has 0 fully saturated rings. The van der Waals surface area contributed by atoms with Crippen molar-refractivity contribution < 1.29 is 0 Å². The fourth-order valence-electron chi connectivity index (χ4n) is 4.09. The van der Waals surface area contributed by atoms with Gasteiger partial charge in [-0.1, -0.05) is 77.9 Å². The summed E-state index contributed by atoms with van der Waals surface area (Å²) in [4.78, 5) is 0. The molecular weight excluding hydrogens is 364 g/mol. The molecule has 0 radical (unpaired) electrons. The lowest BCUT2D eigenvalue weighted by Crippen LogP contribution is -2.24. The highest BCUT2D eigenvalue weighted by molar-refractivity contribution is 5.80. The lowest BCUT2D eigenvalue weighted by Gasteiger charge is -2.35. The molecule has 3 aromatic rings. The van der Waals surface area contributed by atoms with Crippen molar-refractivity contribution in [3.8, 4) is 34.4 Å². The number of nitriles is 2. The van der Waals surface area contributed by atoms with Gasteiger partial charge in [-0.3, -0.25) is 0 Å². The average Bonchev–Trinajstić information content (AvgIpc) is 2.71. The van der Waals surface area contributed by atoms with Gasteiger partial charge in [0.15, 0.2) is 0 Å². The Labute approximate surface area is 180 Å². The zero-order valence-electron chi connectivity index (χ0n) is 18.7. The monoisotopic (exact) mass is 392 g/mol. The predicted octanol–water partition coefficient (Wildman–Crippen LogP) is 7.36. The van der Waals surface area contributed by atoms with Crippen LogP contribution in [0.4, 0.5) is 0 Å². The van der Waals surface area contributed by atoms with Crippen molar-refractivity contribution in [2.24, 2.45) is 0 Å². The molecule has 0 heterocycles. The maximum absolute atomic E-state index is 9.16. The minimum absolute atomic E-state index is 0.0749. The highest BCUT2D eigenvalue weighted by atomic mass is 14.3. The third kappa shape index (κ3) is 4.14. The number of rotatable bonds is 2. The van der Waals surface area contributed by atoms with Gasteiger partial charge < -0.3 is 0 Å². The van der Waals surface area contributed by atoms with Crippen molar-refractivity contribution in [1.82, 2.24) is 0 Å². The van der Waals surface area contributed by atoms with Gasteiger partial charge in [0.1, 0.15) is 0 Å². The first-order valence-corrected chi connectivity index (χ1v) is 10.3. The minimum atomic E-state index is -0.0749. The Hall–Kier alpha value is -3.36. The minimum Gasteiger partial charge on any atom is -0.192 e. The molecular formula is C28H28N2. The zero-order valence-corrected chi connectivity index (χ0v) is 18.7. The van der Waals surface area contributed by atoms with Crippen molar-refractivity contribution in [2.75, 3.05) is 0 Å². The summed E-state index contributed by atoms with van der Waals surface area (Å²) in [5, 5.41) is 18.3. The molecule has 3 rings (SSSR count). The molecule has 0 spiro atoms. The zero-order chi connectivity index (χ0) is 22.1. The van der Waals surface area contributed by atoms with E-state index in [9.17, 15) is 0 Å². The van der Waals surface area contributed by atoms with Crippen molar-refractivity contribution in [3.05, 3.63) is 82.9 Å². The Kier molecular flexibility index (Phi) is 5.56. The van der Waals surface area contributed by atoms with Crippen LogP contribution in [0.15, 0.2) is 60.7 Å². The molecule has 0 atom stereocenters. The average molecular weight is 393 g/mol. The van der Waals surface area contributed by atoms with Crippen LogP contribution in [-0.2, 0) is 10.8 Å². The molecule has 0 saturated heterocycles. The highest BCUT2D eigenvalue weighted by Crippen LogP contribution is 2.45. The molecule has 0 saturated carbocycles. The molecule has 0 amide bonds. The maximum Gasteiger partial charge on any atom is 0.0991 e. The maximum atomic E-state index is 9.16. The molecule has 2 heteroatoms. The third-order valence-electron chi connectivity index (χ3n) is 5.36. The summed E-state index contributed by atoms with van der Waals surface area (Å²) in [6.07, 6.45) is 0.